The van der Waals surface area contributed by atoms with Crippen LogP contribution in [0.3, 0.4) is 0 Å². The minimum atomic E-state index is -0.663. The Morgan fingerprint density at radius 1 is 0.750 bits per heavy atom. The van der Waals surface area contributed by atoms with E-state index in [1.807, 2.05) is 24.3 Å². The number of benzene rings is 2. The van der Waals surface area contributed by atoms with Gasteiger partial charge in [0.15, 0.2) is 0 Å². The quantitative estimate of drug-likeness (QED) is 0.316. The maximum atomic E-state index is 15.9. The van der Waals surface area contributed by atoms with Crippen LogP contribution in [0.25, 0.3) is 0 Å². The third-order valence-corrected chi connectivity index (χ3v) is 9.18. The van der Waals surface area contributed by atoms with Gasteiger partial charge in [-0.15, -0.1) is 0 Å². The van der Waals surface area contributed by atoms with Gasteiger partial charge in [-0.2, -0.15) is 0 Å². The van der Waals surface area contributed by atoms with Crippen molar-refractivity contribution in [3.8, 4) is 0 Å². The third-order valence-electron chi connectivity index (χ3n) is 9.18. The van der Waals surface area contributed by atoms with Gasteiger partial charge in [-0.25, -0.2) is 8.78 Å². The minimum Gasteiger partial charge on any atom is -0.383 e. The highest BCUT2D eigenvalue weighted by Gasteiger charge is 2.31. The van der Waals surface area contributed by atoms with E-state index >= 15 is 8.78 Å². The highest BCUT2D eigenvalue weighted by atomic mass is 19.1. The Labute approximate surface area is 238 Å². The zero-order valence-corrected chi connectivity index (χ0v) is 24.6. The van der Waals surface area contributed by atoms with Gasteiger partial charge in [-0.05, 0) is 86.0 Å². The summed E-state index contributed by atoms with van der Waals surface area (Å²) in [6.45, 7) is 10.3. The van der Waals surface area contributed by atoms with E-state index in [2.05, 4.69) is 9.80 Å². The topological polar surface area (TPSA) is 42.0 Å². The molecule has 2 aromatic carbocycles. The lowest BCUT2D eigenvalue weighted by Crippen LogP contribution is -2.35. The molecule has 0 bridgehead atoms. The van der Waals surface area contributed by atoms with E-state index in [4.69, 9.17) is 9.47 Å². The Bertz CT molecular complexity index is 1030. The number of carbonyl (C=O) groups is 1. The molecule has 220 valence electrons. The van der Waals surface area contributed by atoms with Crippen LogP contribution in [0.4, 0.5) is 8.78 Å². The molecule has 0 radical (unpaired) electrons. The van der Waals surface area contributed by atoms with Crippen LogP contribution in [0, 0.1) is 11.6 Å². The van der Waals surface area contributed by atoms with E-state index in [-0.39, 0.29) is 29.3 Å². The van der Waals surface area contributed by atoms with Gasteiger partial charge >= 0.3 is 0 Å². The van der Waals surface area contributed by atoms with Gasteiger partial charge in [0.25, 0.3) is 0 Å². The van der Waals surface area contributed by atoms with E-state index in [9.17, 15) is 4.79 Å². The largest absolute Gasteiger partial charge is 0.383 e. The van der Waals surface area contributed by atoms with Crippen molar-refractivity contribution >= 4 is 5.78 Å². The van der Waals surface area contributed by atoms with Gasteiger partial charge < -0.3 is 19.3 Å². The molecule has 2 unspecified atom stereocenters. The number of ether oxygens (including phenoxy) is 2. The molecule has 5 nitrogen and oxygen atoms in total. The Hall–Kier alpha value is -2.19. The number of nitrogens with zero attached hydrogens (tertiary/aromatic N) is 2. The Morgan fingerprint density at radius 2 is 1.12 bits per heavy atom. The summed E-state index contributed by atoms with van der Waals surface area (Å²) >= 11 is 0. The molecule has 0 aliphatic carbocycles. The zero-order chi connectivity index (χ0) is 28.6. The Morgan fingerprint density at radius 3 is 1.48 bits per heavy atom. The minimum absolute atomic E-state index is 0.133. The lowest BCUT2D eigenvalue weighted by Gasteiger charge is -2.32. The molecule has 0 saturated carbocycles. The zero-order valence-electron chi connectivity index (χ0n) is 24.6. The SMILES string of the molecule is COCCN1CCC(c2cccc(C(C)C(=O)C(C)c3cccc(C4CCN(CCOC)CC4)c3F)c2F)CC1. The van der Waals surface area contributed by atoms with Crippen LogP contribution >= 0.6 is 0 Å². The molecule has 2 heterocycles. The number of halogens is 2. The molecule has 0 spiro atoms. The maximum Gasteiger partial charge on any atom is 0.147 e. The number of hydrogen-bond donors (Lipinski definition) is 0. The highest BCUT2D eigenvalue weighted by molar-refractivity contribution is 5.91. The second-order valence-electron chi connectivity index (χ2n) is 11.6. The number of hydrogen-bond acceptors (Lipinski definition) is 5. The van der Waals surface area contributed by atoms with Crippen molar-refractivity contribution in [3.63, 3.8) is 0 Å². The van der Waals surface area contributed by atoms with Crippen LogP contribution in [0.5, 0.6) is 0 Å². The molecule has 2 aliphatic rings. The number of carbonyl (C=O) groups excluding carboxylic acids is 1. The molecule has 0 amide bonds. The molecule has 40 heavy (non-hydrogen) atoms. The molecular formula is C33H46F2N2O3. The first-order chi connectivity index (χ1) is 19.3. The second-order valence-corrected chi connectivity index (χ2v) is 11.6. The number of methoxy groups -OCH3 is 2. The average Bonchev–Trinajstić information content (AvgIpc) is 2.99. The lowest BCUT2D eigenvalue weighted by molar-refractivity contribution is -0.121. The molecule has 2 fully saturated rings. The van der Waals surface area contributed by atoms with Crippen LogP contribution in [-0.2, 0) is 14.3 Å². The normalized spacial score (nSPS) is 19.6. The Balaban J connectivity index is 1.44. The predicted octanol–water partition coefficient (Wildman–Crippen LogP) is 6.09. The molecule has 0 N–H and O–H groups in total. The van der Waals surface area contributed by atoms with Crippen LogP contribution in [0.2, 0.25) is 0 Å². The summed E-state index contributed by atoms with van der Waals surface area (Å²) in [4.78, 5) is 18.3. The summed E-state index contributed by atoms with van der Waals surface area (Å²) in [7, 11) is 3.41. The number of rotatable bonds is 12. The fourth-order valence-corrected chi connectivity index (χ4v) is 6.49. The van der Waals surface area contributed by atoms with Crippen molar-refractivity contribution in [2.24, 2.45) is 0 Å². The standard InChI is InChI=1S/C33H46F2N2O3/c1-23(27-7-5-9-29(31(27)34)25-11-15-36(16-12-25)19-21-39-3)33(38)24(2)28-8-6-10-30(32(28)35)26-13-17-37(18-14-26)20-22-40-4/h5-10,23-26H,11-22H2,1-4H3. The van der Waals surface area contributed by atoms with Crippen molar-refractivity contribution in [1.82, 2.24) is 9.80 Å². The summed E-state index contributed by atoms with van der Waals surface area (Å²) in [5, 5.41) is 0. The van der Waals surface area contributed by atoms with Crippen LogP contribution in [0.1, 0.15) is 85.5 Å². The van der Waals surface area contributed by atoms with Crippen LogP contribution in [0.15, 0.2) is 36.4 Å². The number of ketones is 1. The molecule has 2 aromatic rings. The van der Waals surface area contributed by atoms with E-state index in [0.29, 0.717) is 35.5 Å². The maximum absolute atomic E-state index is 15.9. The van der Waals surface area contributed by atoms with Gasteiger partial charge in [-0.3, -0.25) is 4.79 Å². The van der Waals surface area contributed by atoms with E-state index in [1.54, 1.807) is 40.2 Å². The summed E-state index contributed by atoms with van der Waals surface area (Å²) in [6, 6.07) is 10.9. The van der Waals surface area contributed by atoms with Crippen molar-refractivity contribution in [3.05, 3.63) is 70.3 Å². The molecule has 2 atom stereocenters. The highest BCUT2D eigenvalue weighted by Crippen LogP contribution is 2.37. The van der Waals surface area contributed by atoms with Gasteiger partial charge in [0, 0.05) is 39.1 Å². The van der Waals surface area contributed by atoms with Gasteiger partial charge in [0.1, 0.15) is 17.4 Å². The smallest absolute Gasteiger partial charge is 0.147 e. The summed E-state index contributed by atoms with van der Waals surface area (Å²) in [5.74, 6) is -1.77. The van der Waals surface area contributed by atoms with E-state index in [0.717, 1.165) is 65.0 Å². The van der Waals surface area contributed by atoms with Gasteiger partial charge in [0.05, 0.1) is 13.2 Å². The van der Waals surface area contributed by atoms with Crippen molar-refractivity contribution in [2.75, 3.05) is 66.7 Å². The first-order valence-electron chi connectivity index (χ1n) is 14.9. The third kappa shape index (κ3) is 7.17. The fourth-order valence-electron chi connectivity index (χ4n) is 6.49. The van der Waals surface area contributed by atoms with Crippen LogP contribution < -0.4 is 0 Å². The molecule has 0 aromatic heterocycles. The lowest BCUT2D eigenvalue weighted by atomic mass is 9.81. The van der Waals surface area contributed by atoms with Crippen molar-refractivity contribution in [2.45, 2.75) is 63.2 Å². The number of piperidine rings is 2. The molecule has 4 rings (SSSR count). The van der Waals surface area contributed by atoms with Gasteiger partial charge in [0.2, 0.25) is 0 Å². The molecular weight excluding hydrogens is 510 g/mol. The van der Waals surface area contributed by atoms with E-state index in [1.165, 1.54) is 0 Å². The molecule has 2 saturated heterocycles. The average molecular weight is 557 g/mol. The molecule has 7 heteroatoms. The fraction of sp³-hybridized carbons (Fsp3) is 0.606. The predicted molar refractivity (Wildman–Crippen MR) is 155 cm³/mol. The number of likely N-dealkylation sites (tertiary alicyclic amines) is 2. The summed E-state index contributed by atoms with van der Waals surface area (Å²) in [6.07, 6.45) is 3.52. The molecule has 2 aliphatic heterocycles. The monoisotopic (exact) mass is 556 g/mol. The van der Waals surface area contributed by atoms with Crippen LogP contribution in [-0.4, -0.2) is 82.3 Å². The van der Waals surface area contributed by atoms with E-state index < -0.39 is 11.8 Å². The summed E-state index contributed by atoms with van der Waals surface area (Å²) in [5.41, 5.74) is 2.22. The first-order valence-corrected chi connectivity index (χ1v) is 14.9. The van der Waals surface area contributed by atoms with Crippen molar-refractivity contribution < 1.29 is 23.0 Å². The Kier molecular flexibility index (Phi) is 11.2. The second kappa shape index (κ2) is 14.6. The van der Waals surface area contributed by atoms with Gasteiger partial charge in [-0.1, -0.05) is 50.2 Å². The summed E-state index contributed by atoms with van der Waals surface area (Å²) < 4.78 is 42.1. The first kappa shape index (κ1) is 30.8. The van der Waals surface area contributed by atoms with Crippen molar-refractivity contribution in [1.29, 1.82) is 0 Å². The number of Topliss-reactive ketones (excluding diaryl/α,β-unsaturated/α-hetero) is 1.